The molecule has 0 aliphatic heterocycles. The second kappa shape index (κ2) is 6.91. The fraction of sp³-hybridized carbons (Fsp3) is 0.833. The Hall–Kier alpha value is -0.680. The van der Waals surface area contributed by atoms with Crippen LogP contribution in [-0.4, -0.2) is 54.4 Å². The van der Waals surface area contributed by atoms with E-state index in [1.807, 2.05) is 39.8 Å². The molecule has 0 saturated heterocycles. The second-order valence-electron chi connectivity index (χ2n) is 5.56. The lowest BCUT2D eigenvalue weighted by Gasteiger charge is -2.30. The maximum Gasteiger partial charge on any atom is 0.228 e. The number of carbonyl (C=O) groups excluding carboxylic acids is 1. The van der Waals surface area contributed by atoms with Gasteiger partial charge < -0.3 is 15.5 Å². The van der Waals surface area contributed by atoms with Gasteiger partial charge in [-0.05, 0) is 14.1 Å². The highest BCUT2D eigenvalue weighted by Crippen LogP contribution is 2.17. The molecule has 0 saturated carbocycles. The maximum atomic E-state index is 12.2. The van der Waals surface area contributed by atoms with Gasteiger partial charge in [-0.3, -0.25) is 4.79 Å². The van der Waals surface area contributed by atoms with Crippen LogP contribution in [0.1, 0.15) is 27.2 Å². The molecule has 4 nitrogen and oxygen atoms in total. The Bertz CT molecular complexity index is 271. The van der Waals surface area contributed by atoms with Gasteiger partial charge in [0.1, 0.15) is 0 Å². The van der Waals surface area contributed by atoms with E-state index in [0.29, 0.717) is 24.5 Å². The predicted molar refractivity (Wildman–Crippen MR) is 76.0 cm³/mol. The molecule has 0 fully saturated rings. The summed E-state index contributed by atoms with van der Waals surface area (Å²) in [6, 6.07) is 0. The van der Waals surface area contributed by atoms with Crippen LogP contribution < -0.4 is 5.73 Å². The summed E-state index contributed by atoms with van der Waals surface area (Å²) in [7, 11) is 3.99. The normalized spacial score (nSPS) is 11.6. The SMILES string of the molecule is CN(C)CCN(CCC(N)=S)C(=O)C(C)(C)C. The first-order valence-electron chi connectivity index (χ1n) is 5.87. The smallest absolute Gasteiger partial charge is 0.228 e. The molecule has 0 spiro atoms. The number of amides is 1. The molecule has 17 heavy (non-hydrogen) atoms. The van der Waals surface area contributed by atoms with Crippen molar-refractivity contribution in [1.82, 2.24) is 9.80 Å². The number of hydrogen-bond acceptors (Lipinski definition) is 3. The van der Waals surface area contributed by atoms with Crippen molar-refractivity contribution in [3.63, 3.8) is 0 Å². The highest BCUT2D eigenvalue weighted by molar-refractivity contribution is 7.80. The largest absolute Gasteiger partial charge is 0.393 e. The van der Waals surface area contributed by atoms with Gasteiger partial charge in [-0.1, -0.05) is 33.0 Å². The van der Waals surface area contributed by atoms with Gasteiger partial charge >= 0.3 is 0 Å². The standard InChI is InChI=1S/C12H25N3OS/c1-12(2,3)11(16)15(7-6-10(13)17)9-8-14(4)5/h6-9H2,1-5H3,(H2,13,17). The molecule has 100 valence electrons. The van der Waals surface area contributed by atoms with E-state index in [2.05, 4.69) is 4.90 Å². The zero-order valence-corrected chi connectivity index (χ0v) is 12.4. The average molecular weight is 259 g/mol. The fourth-order valence-electron chi connectivity index (χ4n) is 1.36. The molecule has 5 heteroatoms. The topological polar surface area (TPSA) is 49.6 Å². The van der Waals surface area contributed by atoms with Crippen molar-refractivity contribution in [1.29, 1.82) is 0 Å². The number of rotatable bonds is 6. The molecule has 0 aromatic carbocycles. The summed E-state index contributed by atoms with van der Waals surface area (Å²) in [5, 5.41) is 0. The van der Waals surface area contributed by atoms with Crippen LogP contribution in [0.3, 0.4) is 0 Å². The summed E-state index contributed by atoms with van der Waals surface area (Å²) in [5.41, 5.74) is 5.13. The van der Waals surface area contributed by atoms with Crippen LogP contribution in [0.5, 0.6) is 0 Å². The number of nitrogens with zero attached hydrogens (tertiary/aromatic N) is 2. The van der Waals surface area contributed by atoms with Crippen molar-refractivity contribution in [3.8, 4) is 0 Å². The van der Waals surface area contributed by atoms with E-state index in [1.165, 1.54) is 0 Å². The minimum atomic E-state index is -0.359. The Kier molecular flexibility index (Phi) is 6.64. The van der Waals surface area contributed by atoms with Gasteiger partial charge in [-0.2, -0.15) is 0 Å². The van der Waals surface area contributed by atoms with Crippen LogP contribution in [0.25, 0.3) is 0 Å². The zero-order valence-electron chi connectivity index (χ0n) is 11.6. The summed E-state index contributed by atoms with van der Waals surface area (Å²) in [5.74, 6) is 0.149. The Balaban J connectivity index is 4.49. The molecular weight excluding hydrogens is 234 g/mol. The Morgan fingerprint density at radius 1 is 1.18 bits per heavy atom. The molecule has 0 aliphatic rings. The molecule has 0 bridgehead atoms. The van der Waals surface area contributed by atoms with E-state index >= 15 is 0 Å². The highest BCUT2D eigenvalue weighted by atomic mass is 32.1. The van der Waals surface area contributed by atoms with E-state index in [9.17, 15) is 4.79 Å². The first kappa shape index (κ1) is 16.3. The zero-order chi connectivity index (χ0) is 13.6. The first-order chi connectivity index (χ1) is 7.64. The lowest BCUT2D eigenvalue weighted by Crippen LogP contribution is -2.44. The molecule has 1 amide bonds. The monoisotopic (exact) mass is 259 g/mol. The molecule has 0 atom stereocenters. The van der Waals surface area contributed by atoms with Gasteiger partial charge in [0.25, 0.3) is 0 Å². The molecular formula is C12H25N3OS. The summed E-state index contributed by atoms with van der Waals surface area (Å²) >= 11 is 4.86. The maximum absolute atomic E-state index is 12.2. The Morgan fingerprint density at radius 3 is 2.06 bits per heavy atom. The number of thiocarbonyl (C=S) groups is 1. The lowest BCUT2D eigenvalue weighted by atomic mass is 9.94. The van der Waals surface area contributed by atoms with Crippen LogP contribution in [0, 0.1) is 5.41 Å². The number of hydrogen-bond donors (Lipinski definition) is 1. The molecule has 0 aromatic rings. The Morgan fingerprint density at radius 2 is 1.71 bits per heavy atom. The van der Waals surface area contributed by atoms with Crippen molar-refractivity contribution in [2.24, 2.45) is 11.1 Å². The van der Waals surface area contributed by atoms with Crippen LogP contribution in [-0.2, 0) is 4.79 Å². The first-order valence-corrected chi connectivity index (χ1v) is 6.28. The molecule has 0 aromatic heterocycles. The minimum Gasteiger partial charge on any atom is -0.393 e. The minimum absolute atomic E-state index is 0.149. The number of nitrogens with two attached hydrogens (primary N) is 1. The molecule has 0 unspecified atom stereocenters. The second-order valence-corrected chi connectivity index (χ2v) is 6.09. The van der Waals surface area contributed by atoms with Crippen LogP contribution in [0.4, 0.5) is 0 Å². The molecule has 0 radical (unpaired) electrons. The van der Waals surface area contributed by atoms with Crippen LogP contribution >= 0.6 is 12.2 Å². The van der Waals surface area contributed by atoms with Crippen molar-refractivity contribution in [2.45, 2.75) is 27.2 Å². The van der Waals surface area contributed by atoms with E-state index in [1.54, 1.807) is 0 Å². The van der Waals surface area contributed by atoms with Crippen molar-refractivity contribution >= 4 is 23.1 Å². The van der Waals surface area contributed by atoms with Crippen molar-refractivity contribution in [2.75, 3.05) is 33.7 Å². The fourth-order valence-corrected chi connectivity index (χ4v) is 1.45. The summed E-state index contributed by atoms with van der Waals surface area (Å²) in [4.78, 5) is 16.6. The third-order valence-corrected chi connectivity index (χ3v) is 2.58. The lowest BCUT2D eigenvalue weighted by molar-refractivity contribution is -0.139. The van der Waals surface area contributed by atoms with E-state index in [0.717, 1.165) is 6.54 Å². The van der Waals surface area contributed by atoms with E-state index in [4.69, 9.17) is 18.0 Å². The van der Waals surface area contributed by atoms with Gasteiger partial charge in [0, 0.05) is 31.5 Å². The summed E-state index contributed by atoms with van der Waals surface area (Å²) < 4.78 is 0. The molecule has 2 N–H and O–H groups in total. The van der Waals surface area contributed by atoms with E-state index in [-0.39, 0.29) is 11.3 Å². The molecule has 0 heterocycles. The van der Waals surface area contributed by atoms with Crippen molar-refractivity contribution < 1.29 is 4.79 Å². The van der Waals surface area contributed by atoms with Gasteiger partial charge in [0.05, 0.1) is 4.99 Å². The predicted octanol–water partition coefficient (Wildman–Crippen LogP) is 1.10. The third kappa shape index (κ3) is 7.28. The quantitative estimate of drug-likeness (QED) is 0.726. The van der Waals surface area contributed by atoms with Gasteiger partial charge in [0.15, 0.2) is 0 Å². The number of likely N-dealkylation sites (N-methyl/N-ethyl adjacent to an activating group) is 1. The highest BCUT2D eigenvalue weighted by Gasteiger charge is 2.26. The Labute approximate surface area is 110 Å². The molecule has 0 aliphatic carbocycles. The van der Waals surface area contributed by atoms with Gasteiger partial charge in [-0.15, -0.1) is 0 Å². The number of carbonyl (C=O) groups is 1. The third-order valence-electron chi connectivity index (χ3n) is 2.37. The van der Waals surface area contributed by atoms with Gasteiger partial charge in [-0.25, -0.2) is 0 Å². The van der Waals surface area contributed by atoms with Crippen molar-refractivity contribution in [3.05, 3.63) is 0 Å². The summed E-state index contributed by atoms with van der Waals surface area (Å²) in [6.07, 6.45) is 0.588. The summed E-state index contributed by atoms with van der Waals surface area (Å²) in [6.45, 7) is 7.96. The van der Waals surface area contributed by atoms with E-state index < -0.39 is 0 Å². The molecule has 0 rings (SSSR count). The van der Waals surface area contributed by atoms with Gasteiger partial charge in [0.2, 0.25) is 5.91 Å². The average Bonchev–Trinajstić information content (AvgIpc) is 2.14. The van der Waals surface area contributed by atoms with Crippen LogP contribution in [0.15, 0.2) is 0 Å². The van der Waals surface area contributed by atoms with Crippen LogP contribution in [0.2, 0.25) is 0 Å².